The summed E-state index contributed by atoms with van der Waals surface area (Å²) in [5.41, 5.74) is 7.61. The second kappa shape index (κ2) is 11.8. The smallest absolute Gasteiger partial charge is 0.317 e. The maximum Gasteiger partial charge on any atom is 0.317 e. The number of hydrogen-bond acceptors (Lipinski definition) is 4. The Kier molecular flexibility index (Phi) is 8.25. The van der Waals surface area contributed by atoms with Crippen LogP contribution in [-0.2, 0) is 12.8 Å². The van der Waals surface area contributed by atoms with Crippen molar-refractivity contribution in [3.63, 3.8) is 0 Å². The lowest BCUT2D eigenvalue weighted by atomic mass is 9.88. The highest BCUT2D eigenvalue weighted by Gasteiger charge is 2.26. The number of halogens is 1. The number of hydrogen-bond donors (Lipinski definition) is 1. The van der Waals surface area contributed by atoms with Gasteiger partial charge in [0.05, 0.1) is 5.69 Å². The molecule has 2 aliphatic heterocycles. The van der Waals surface area contributed by atoms with Crippen molar-refractivity contribution in [2.75, 3.05) is 59.4 Å². The predicted molar refractivity (Wildman–Crippen MR) is 146 cm³/mol. The fourth-order valence-corrected chi connectivity index (χ4v) is 5.90. The Balaban J connectivity index is 1.18. The Morgan fingerprint density at radius 1 is 0.972 bits per heavy atom. The number of nitrogens with zero attached hydrogens (tertiary/aromatic N) is 4. The molecular weight excluding hydrogens is 470 g/mol. The van der Waals surface area contributed by atoms with Crippen LogP contribution in [0.4, 0.5) is 4.79 Å². The van der Waals surface area contributed by atoms with E-state index in [1.807, 2.05) is 23.2 Å². The zero-order valence-corrected chi connectivity index (χ0v) is 22.2. The number of urea groups is 1. The third-order valence-corrected chi connectivity index (χ3v) is 8.14. The highest BCUT2D eigenvalue weighted by atomic mass is 35.5. The molecule has 0 atom stereocenters. The van der Waals surface area contributed by atoms with Crippen LogP contribution in [0.5, 0.6) is 0 Å². The van der Waals surface area contributed by atoms with E-state index in [0.717, 1.165) is 102 Å². The van der Waals surface area contributed by atoms with Crippen LogP contribution in [0.1, 0.15) is 48.1 Å². The van der Waals surface area contributed by atoms with Gasteiger partial charge in [-0.2, -0.15) is 0 Å². The number of amides is 2. The molecule has 1 aromatic carbocycles. The Bertz CT molecular complexity index is 1100. The standard InChI is InChI=1S/C29H38ClN5O/c1-33-17-19-34(20-18-33)14-3-2-12-32-29(36)35-15-10-22(11-16-35)27-26-9-8-25(30)21-24(26)7-6-23-5-4-13-31-28(23)27/h4-5,8-9,13,21H,2-3,6-7,10-12,14-20H2,1H3,(H,32,36). The van der Waals surface area contributed by atoms with Gasteiger partial charge in [0.25, 0.3) is 0 Å². The molecule has 6 nitrogen and oxygen atoms in total. The summed E-state index contributed by atoms with van der Waals surface area (Å²) in [5, 5.41) is 3.94. The molecule has 7 heteroatoms. The Hall–Kier alpha value is -2.41. The minimum atomic E-state index is 0.0743. The average Bonchev–Trinajstić information content (AvgIpc) is 3.06. The highest BCUT2D eigenvalue weighted by molar-refractivity contribution is 6.30. The van der Waals surface area contributed by atoms with Gasteiger partial charge in [-0.15, -0.1) is 0 Å². The molecule has 3 heterocycles. The van der Waals surface area contributed by atoms with Crippen molar-refractivity contribution in [2.24, 2.45) is 0 Å². The number of unbranched alkanes of at least 4 members (excludes halogenated alkanes) is 1. The monoisotopic (exact) mass is 507 g/mol. The van der Waals surface area contributed by atoms with Crippen molar-refractivity contribution in [3.05, 3.63) is 69.5 Å². The van der Waals surface area contributed by atoms with Crippen LogP contribution in [0.25, 0.3) is 5.57 Å². The third kappa shape index (κ3) is 5.93. The van der Waals surface area contributed by atoms with E-state index in [4.69, 9.17) is 16.6 Å². The quantitative estimate of drug-likeness (QED) is 0.607. The largest absolute Gasteiger partial charge is 0.338 e. The number of carbonyl (C=O) groups excluding carboxylic acids is 1. The van der Waals surface area contributed by atoms with Gasteiger partial charge in [0.1, 0.15) is 0 Å². The van der Waals surface area contributed by atoms with E-state index in [9.17, 15) is 4.79 Å². The van der Waals surface area contributed by atoms with E-state index < -0.39 is 0 Å². The molecule has 2 aromatic rings. The summed E-state index contributed by atoms with van der Waals surface area (Å²) in [6, 6.07) is 10.6. The molecule has 3 aliphatic rings. The van der Waals surface area contributed by atoms with Gasteiger partial charge in [0.15, 0.2) is 0 Å². The summed E-state index contributed by atoms with van der Waals surface area (Å²) in [4.78, 5) is 24.5. The van der Waals surface area contributed by atoms with Crippen molar-refractivity contribution in [3.8, 4) is 0 Å². The number of piperidine rings is 1. The number of rotatable bonds is 5. The topological polar surface area (TPSA) is 51.7 Å². The van der Waals surface area contributed by atoms with E-state index in [1.165, 1.54) is 27.8 Å². The van der Waals surface area contributed by atoms with Crippen molar-refractivity contribution in [2.45, 2.75) is 38.5 Å². The first kappa shape index (κ1) is 25.2. The average molecular weight is 508 g/mol. The second-order valence-electron chi connectivity index (χ2n) is 10.4. The lowest BCUT2D eigenvalue weighted by molar-refractivity contribution is 0.152. The molecule has 0 unspecified atom stereocenters. The van der Waals surface area contributed by atoms with E-state index in [-0.39, 0.29) is 6.03 Å². The molecule has 1 N–H and O–H groups in total. The molecule has 2 fully saturated rings. The number of piperazine rings is 1. The van der Waals surface area contributed by atoms with Gasteiger partial charge >= 0.3 is 6.03 Å². The predicted octanol–water partition coefficient (Wildman–Crippen LogP) is 4.47. The van der Waals surface area contributed by atoms with Gasteiger partial charge < -0.3 is 20.0 Å². The summed E-state index contributed by atoms with van der Waals surface area (Å²) >= 11 is 6.35. The van der Waals surface area contributed by atoms with Crippen molar-refractivity contribution < 1.29 is 4.79 Å². The van der Waals surface area contributed by atoms with Crippen LogP contribution < -0.4 is 5.32 Å². The van der Waals surface area contributed by atoms with Crippen LogP contribution in [0.15, 0.2) is 42.1 Å². The summed E-state index contributed by atoms with van der Waals surface area (Å²) in [5.74, 6) is 0. The van der Waals surface area contributed by atoms with Crippen molar-refractivity contribution >= 4 is 23.2 Å². The maximum absolute atomic E-state index is 12.8. The zero-order chi connectivity index (χ0) is 24.9. The number of likely N-dealkylation sites (N-methyl/N-ethyl adjacent to an activating group) is 1. The summed E-state index contributed by atoms with van der Waals surface area (Å²) in [6.45, 7) is 8.01. The van der Waals surface area contributed by atoms with Gasteiger partial charge in [0.2, 0.25) is 0 Å². The van der Waals surface area contributed by atoms with Crippen LogP contribution in [0.2, 0.25) is 5.02 Å². The summed E-state index contributed by atoms with van der Waals surface area (Å²) in [6.07, 6.45) is 7.76. The molecule has 5 rings (SSSR count). The first-order chi connectivity index (χ1) is 17.6. The number of aryl methyl sites for hydroxylation is 2. The van der Waals surface area contributed by atoms with Crippen molar-refractivity contribution in [1.82, 2.24) is 25.0 Å². The molecule has 0 spiro atoms. The number of likely N-dealkylation sites (tertiary alicyclic amines) is 1. The Labute approximate surface area is 220 Å². The number of nitrogens with one attached hydrogen (secondary N) is 1. The summed E-state index contributed by atoms with van der Waals surface area (Å²) < 4.78 is 0. The molecule has 0 saturated carbocycles. The van der Waals surface area contributed by atoms with E-state index in [0.29, 0.717) is 0 Å². The lowest BCUT2D eigenvalue weighted by Gasteiger charge is -2.32. The molecule has 36 heavy (non-hydrogen) atoms. The first-order valence-electron chi connectivity index (χ1n) is 13.5. The molecule has 192 valence electrons. The van der Waals surface area contributed by atoms with Gasteiger partial charge in [-0.25, -0.2) is 4.79 Å². The molecular formula is C29H38ClN5O. The number of fused-ring (bicyclic) bond motifs is 2. The lowest BCUT2D eigenvalue weighted by Crippen LogP contribution is -2.45. The minimum Gasteiger partial charge on any atom is -0.338 e. The van der Waals surface area contributed by atoms with E-state index >= 15 is 0 Å². The normalized spacial score (nSPS) is 19.0. The van der Waals surface area contributed by atoms with E-state index in [1.54, 1.807) is 0 Å². The summed E-state index contributed by atoms with van der Waals surface area (Å²) in [7, 11) is 2.19. The molecule has 2 saturated heterocycles. The number of aromatic nitrogens is 1. The number of benzene rings is 1. The van der Waals surface area contributed by atoms with Gasteiger partial charge in [0, 0.05) is 62.6 Å². The molecule has 0 radical (unpaired) electrons. The maximum atomic E-state index is 12.8. The third-order valence-electron chi connectivity index (χ3n) is 7.91. The fourth-order valence-electron chi connectivity index (χ4n) is 5.70. The van der Waals surface area contributed by atoms with Crippen LogP contribution in [0, 0.1) is 0 Å². The van der Waals surface area contributed by atoms with Crippen molar-refractivity contribution in [1.29, 1.82) is 0 Å². The van der Waals surface area contributed by atoms with Gasteiger partial charge in [-0.05, 0) is 87.0 Å². The fraction of sp³-hybridized carbons (Fsp3) is 0.517. The first-order valence-corrected chi connectivity index (χ1v) is 13.8. The molecule has 0 bridgehead atoms. The van der Waals surface area contributed by atoms with Gasteiger partial charge in [-0.1, -0.05) is 29.3 Å². The van der Waals surface area contributed by atoms with Gasteiger partial charge in [-0.3, -0.25) is 4.98 Å². The second-order valence-corrected chi connectivity index (χ2v) is 10.8. The molecule has 1 aliphatic carbocycles. The number of pyridine rings is 1. The Morgan fingerprint density at radius 3 is 2.56 bits per heavy atom. The SMILES string of the molecule is CN1CCN(CCCCNC(=O)N2CCC(=C3c4ccc(Cl)cc4CCc4cccnc43)CC2)CC1. The van der Waals surface area contributed by atoms with Crippen LogP contribution >= 0.6 is 11.6 Å². The van der Waals surface area contributed by atoms with Crippen LogP contribution in [0.3, 0.4) is 0 Å². The molecule has 1 aromatic heterocycles. The minimum absolute atomic E-state index is 0.0743. The molecule has 2 amide bonds. The number of carbonyl (C=O) groups is 1. The highest BCUT2D eigenvalue weighted by Crippen LogP contribution is 2.38. The Morgan fingerprint density at radius 2 is 1.75 bits per heavy atom. The van der Waals surface area contributed by atoms with E-state index in [2.05, 4.69) is 40.4 Å². The zero-order valence-electron chi connectivity index (χ0n) is 21.4. The van der Waals surface area contributed by atoms with Crippen LogP contribution in [-0.4, -0.2) is 85.1 Å².